The summed E-state index contributed by atoms with van der Waals surface area (Å²) >= 11 is 0. The third kappa shape index (κ3) is 4.42. The van der Waals surface area contributed by atoms with Gasteiger partial charge in [-0.3, -0.25) is 4.79 Å². The molecule has 0 spiro atoms. The summed E-state index contributed by atoms with van der Waals surface area (Å²) in [6.07, 6.45) is 1.61. The standard InChI is InChI=1S/C13H24N2O4/c1-15(10-13(17)2-5-18-6-3-13)12(16)8-11-9-19-7-4-14-11/h11,14,17H,2-10H2,1H3. The maximum absolute atomic E-state index is 12.1. The van der Waals surface area contributed by atoms with Gasteiger partial charge in [-0.25, -0.2) is 0 Å². The maximum atomic E-state index is 12.1. The van der Waals surface area contributed by atoms with Crippen molar-refractivity contribution in [3.8, 4) is 0 Å². The zero-order valence-corrected chi connectivity index (χ0v) is 11.6. The fourth-order valence-electron chi connectivity index (χ4n) is 2.56. The number of aliphatic hydroxyl groups is 1. The van der Waals surface area contributed by atoms with Crippen LogP contribution in [0, 0.1) is 0 Å². The number of likely N-dealkylation sites (N-methyl/N-ethyl adjacent to an activating group) is 1. The second-order valence-electron chi connectivity index (χ2n) is 5.52. The van der Waals surface area contributed by atoms with E-state index in [2.05, 4.69) is 5.32 Å². The van der Waals surface area contributed by atoms with Crippen LogP contribution in [0.4, 0.5) is 0 Å². The molecule has 1 amide bonds. The Balaban J connectivity index is 1.77. The maximum Gasteiger partial charge on any atom is 0.224 e. The Kier molecular flexibility index (Phi) is 5.15. The predicted octanol–water partition coefficient (Wildman–Crippen LogP) is -0.635. The Morgan fingerprint density at radius 1 is 1.37 bits per heavy atom. The third-order valence-corrected chi connectivity index (χ3v) is 3.80. The van der Waals surface area contributed by atoms with Gasteiger partial charge in [-0.15, -0.1) is 0 Å². The van der Waals surface area contributed by atoms with Crippen molar-refractivity contribution in [2.24, 2.45) is 0 Å². The molecule has 2 N–H and O–H groups in total. The first-order chi connectivity index (χ1) is 9.09. The second kappa shape index (κ2) is 6.65. The van der Waals surface area contributed by atoms with Crippen molar-refractivity contribution in [1.29, 1.82) is 0 Å². The first-order valence-corrected chi connectivity index (χ1v) is 6.94. The summed E-state index contributed by atoms with van der Waals surface area (Å²) in [7, 11) is 1.75. The van der Waals surface area contributed by atoms with E-state index in [0.29, 0.717) is 52.2 Å². The number of carbonyl (C=O) groups is 1. The molecule has 0 aromatic carbocycles. The fourth-order valence-corrected chi connectivity index (χ4v) is 2.56. The highest BCUT2D eigenvalue weighted by Crippen LogP contribution is 2.21. The molecular formula is C13H24N2O4. The van der Waals surface area contributed by atoms with Gasteiger partial charge in [0.15, 0.2) is 0 Å². The van der Waals surface area contributed by atoms with Crippen molar-refractivity contribution in [3.05, 3.63) is 0 Å². The first-order valence-electron chi connectivity index (χ1n) is 6.94. The second-order valence-corrected chi connectivity index (χ2v) is 5.52. The van der Waals surface area contributed by atoms with E-state index in [1.165, 1.54) is 0 Å². The van der Waals surface area contributed by atoms with Gasteiger partial charge in [0.2, 0.25) is 5.91 Å². The summed E-state index contributed by atoms with van der Waals surface area (Å²) in [5.74, 6) is 0.0444. The summed E-state index contributed by atoms with van der Waals surface area (Å²) in [4.78, 5) is 13.7. The molecule has 0 aromatic rings. The minimum Gasteiger partial charge on any atom is -0.388 e. The lowest BCUT2D eigenvalue weighted by Crippen LogP contribution is -2.49. The van der Waals surface area contributed by atoms with Crippen molar-refractivity contribution in [1.82, 2.24) is 10.2 Å². The van der Waals surface area contributed by atoms with Gasteiger partial charge in [-0.05, 0) is 0 Å². The summed E-state index contributed by atoms with van der Waals surface area (Å²) in [6.45, 7) is 3.59. The molecule has 2 fully saturated rings. The minimum atomic E-state index is -0.793. The minimum absolute atomic E-state index is 0.0444. The van der Waals surface area contributed by atoms with Gasteiger partial charge >= 0.3 is 0 Å². The Morgan fingerprint density at radius 3 is 2.74 bits per heavy atom. The summed E-state index contributed by atoms with van der Waals surface area (Å²) in [5, 5.41) is 13.6. The van der Waals surface area contributed by atoms with Crippen LogP contribution in [0.3, 0.4) is 0 Å². The molecule has 6 nitrogen and oxygen atoms in total. The SMILES string of the molecule is CN(CC1(O)CCOCC1)C(=O)CC1COCCN1. The van der Waals surface area contributed by atoms with E-state index in [-0.39, 0.29) is 11.9 Å². The topological polar surface area (TPSA) is 71.0 Å². The summed E-state index contributed by atoms with van der Waals surface area (Å²) in [6, 6.07) is 0.0908. The molecule has 1 unspecified atom stereocenters. The fraction of sp³-hybridized carbons (Fsp3) is 0.923. The molecule has 110 valence electrons. The Morgan fingerprint density at radius 2 is 2.11 bits per heavy atom. The van der Waals surface area contributed by atoms with Crippen molar-refractivity contribution < 1.29 is 19.4 Å². The van der Waals surface area contributed by atoms with Crippen LogP contribution in [-0.4, -0.2) is 74.1 Å². The van der Waals surface area contributed by atoms with E-state index in [4.69, 9.17) is 9.47 Å². The molecule has 0 radical (unpaired) electrons. The Hall–Kier alpha value is -0.690. The predicted molar refractivity (Wildman–Crippen MR) is 69.9 cm³/mol. The van der Waals surface area contributed by atoms with Crippen LogP contribution < -0.4 is 5.32 Å². The van der Waals surface area contributed by atoms with Gasteiger partial charge < -0.3 is 24.8 Å². The number of rotatable bonds is 4. The zero-order chi connectivity index (χ0) is 13.7. The Labute approximate surface area is 114 Å². The quantitative estimate of drug-likeness (QED) is 0.713. The lowest BCUT2D eigenvalue weighted by molar-refractivity contribution is -0.137. The largest absolute Gasteiger partial charge is 0.388 e. The van der Waals surface area contributed by atoms with Crippen molar-refractivity contribution in [2.75, 3.05) is 46.6 Å². The van der Waals surface area contributed by atoms with E-state index < -0.39 is 5.60 Å². The molecule has 0 bridgehead atoms. The zero-order valence-electron chi connectivity index (χ0n) is 11.6. The van der Waals surface area contributed by atoms with Gasteiger partial charge in [0.05, 0.1) is 18.8 Å². The van der Waals surface area contributed by atoms with E-state index >= 15 is 0 Å². The molecule has 0 aromatic heterocycles. The number of ether oxygens (including phenoxy) is 2. The lowest BCUT2D eigenvalue weighted by Gasteiger charge is -2.36. The van der Waals surface area contributed by atoms with Crippen molar-refractivity contribution in [2.45, 2.75) is 30.9 Å². The number of nitrogens with one attached hydrogen (secondary N) is 1. The molecule has 19 heavy (non-hydrogen) atoms. The average molecular weight is 272 g/mol. The molecule has 2 saturated heterocycles. The first kappa shape index (κ1) is 14.7. The highest BCUT2D eigenvalue weighted by atomic mass is 16.5. The van der Waals surface area contributed by atoms with Gasteiger partial charge in [0.1, 0.15) is 0 Å². The Bertz CT molecular complexity index is 299. The summed E-state index contributed by atoms with van der Waals surface area (Å²) < 4.78 is 10.6. The molecule has 2 heterocycles. The number of morpholine rings is 1. The summed E-state index contributed by atoms with van der Waals surface area (Å²) in [5.41, 5.74) is -0.793. The lowest BCUT2D eigenvalue weighted by atomic mass is 9.94. The van der Waals surface area contributed by atoms with Gasteiger partial charge in [-0.1, -0.05) is 0 Å². The van der Waals surface area contributed by atoms with E-state index in [9.17, 15) is 9.90 Å². The van der Waals surface area contributed by atoms with E-state index in [1.807, 2.05) is 0 Å². The molecule has 2 aliphatic heterocycles. The normalized spacial score (nSPS) is 26.9. The number of nitrogens with zero attached hydrogens (tertiary/aromatic N) is 1. The number of amides is 1. The third-order valence-electron chi connectivity index (χ3n) is 3.80. The van der Waals surface area contributed by atoms with Gasteiger partial charge in [0.25, 0.3) is 0 Å². The van der Waals surface area contributed by atoms with Gasteiger partial charge in [0, 0.05) is 58.7 Å². The monoisotopic (exact) mass is 272 g/mol. The molecule has 0 aliphatic carbocycles. The number of hydrogen-bond donors (Lipinski definition) is 2. The van der Waals surface area contributed by atoms with Crippen LogP contribution in [0.15, 0.2) is 0 Å². The molecule has 2 aliphatic rings. The van der Waals surface area contributed by atoms with Gasteiger partial charge in [-0.2, -0.15) is 0 Å². The van der Waals surface area contributed by atoms with Crippen LogP contribution in [0.2, 0.25) is 0 Å². The smallest absolute Gasteiger partial charge is 0.224 e. The van der Waals surface area contributed by atoms with Crippen LogP contribution in [0.1, 0.15) is 19.3 Å². The van der Waals surface area contributed by atoms with Crippen LogP contribution in [-0.2, 0) is 14.3 Å². The van der Waals surface area contributed by atoms with Crippen LogP contribution in [0.25, 0.3) is 0 Å². The number of carbonyl (C=O) groups excluding carboxylic acids is 1. The average Bonchev–Trinajstić information content (AvgIpc) is 2.40. The molecule has 1 atom stereocenters. The molecule has 0 saturated carbocycles. The van der Waals surface area contributed by atoms with E-state index in [1.54, 1.807) is 11.9 Å². The highest BCUT2D eigenvalue weighted by Gasteiger charge is 2.32. The van der Waals surface area contributed by atoms with Crippen LogP contribution >= 0.6 is 0 Å². The van der Waals surface area contributed by atoms with Crippen LogP contribution in [0.5, 0.6) is 0 Å². The number of hydrogen-bond acceptors (Lipinski definition) is 5. The van der Waals surface area contributed by atoms with Crippen molar-refractivity contribution in [3.63, 3.8) is 0 Å². The van der Waals surface area contributed by atoms with E-state index in [0.717, 1.165) is 6.54 Å². The highest BCUT2D eigenvalue weighted by molar-refractivity contribution is 5.76. The van der Waals surface area contributed by atoms with Crippen molar-refractivity contribution >= 4 is 5.91 Å². The molecule has 2 rings (SSSR count). The molecule has 6 heteroatoms. The molecular weight excluding hydrogens is 248 g/mol.